The van der Waals surface area contributed by atoms with Crippen LogP contribution in [0.15, 0.2) is 36.4 Å². The highest BCUT2D eigenvalue weighted by atomic mass is 35.5. The van der Waals surface area contributed by atoms with E-state index in [1.165, 1.54) is 75.7 Å². The van der Waals surface area contributed by atoms with E-state index in [0.717, 1.165) is 13.1 Å². The summed E-state index contributed by atoms with van der Waals surface area (Å²) in [6.07, 6.45) is 9.09. The zero-order valence-electron chi connectivity index (χ0n) is 21.1. The van der Waals surface area contributed by atoms with Crippen molar-refractivity contribution in [2.24, 2.45) is 17.8 Å². The molecule has 2 aromatic rings. The molecular weight excluding hydrogens is 530 g/mol. The fraction of sp³-hybridized carbons (Fsp3) is 0.600. The minimum atomic E-state index is 0.180. The van der Waals surface area contributed by atoms with Gasteiger partial charge in [0.2, 0.25) is 0 Å². The Morgan fingerprint density at radius 3 is 2.11 bits per heavy atom. The van der Waals surface area contributed by atoms with Crippen LogP contribution >= 0.6 is 46.4 Å². The molecule has 0 bridgehead atoms. The second-order valence-corrected chi connectivity index (χ2v) is 13.9. The minimum absolute atomic E-state index is 0.180. The van der Waals surface area contributed by atoms with Gasteiger partial charge < -0.3 is 9.80 Å². The summed E-state index contributed by atoms with van der Waals surface area (Å²) in [5, 5.41) is 2.69. The summed E-state index contributed by atoms with van der Waals surface area (Å²) in [7, 11) is 2.28. The summed E-state index contributed by atoms with van der Waals surface area (Å²) in [5.74, 6) is 2.11. The first-order valence-electron chi connectivity index (χ1n) is 13.6. The molecule has 6 heteroatoms. The Balaban J connectivity index is 1.24. The van der Waals surface area contributed by atoms with Crippen LogP contribution in [-0.4, -0.2) is 49.6 Å². The molecule has 6 rings (SSSR count). The van der Waals surface area contributed by atoms with Gasteiger partial charge in [-0.2, -0.15) is 0 Å². The molecule has 2 heterocycles. The molecule has 0 spiro atoms. The van der Waals surface area contributed by atoms with Crippen LogP contribution in [0.2, 0.25) is 20.1 Å². The van der Waals surface area contributed by atoms with E-state index in [2.05, 4.69) is 41.1 Å². The standard InChI is InChI=1S/C30H36Cl4N2/c1-35-16-24-6-5-20(14-30(24,18-35)22-8-10-26(32)28(34)13-22)15-36-17-23-4-2-3-11-29(23,19-36)21-7-9-25(31)27(33)12-21/h7-10,12-13,20,23-24H,2-6,11,14-19H2,1H3/t20?,23?,24-,29-,30+/m0/s1. The molecule has 2 aliphatic carbocycles. The second kappa shape index (κ2) is 9.92. The molecule has 194 valence electrons. The van der Waals surface area contributed by atoms with Crippen molar-refractivity contribution in [2.45, 2.75) is 55.8 Å². The zero-order chi connectivity index (χ0) is 25.1. The second-order valence-electron chi connectivity index (χ2n) is 12.2. The third-order valence-electron chi connectivity index (χ3n) is 10.1. The van der Waals surface area contributed by atoms with Crippen molar-refractivity contribution in [3.05, 3.63) is 67.6 Å². The quantitative estimate of drug-likeness (QED) is 0.367. The Kier molecular flexibility index (Phi) is 7.11. The molecular formula is C30H36Cl4N2. The first-order valence-corrected chi connectivity index (χ1v) is 15.1. The Morgan fingerprint density at radius 1 is 0.750 bits per heavy atom. The van der Waals surface area contributed by atoms with Gasteiger partial charge in [0.25, 0.3) is 0 Å². The molecule has 2 aliphatic heterocycles. The first-order chi connectivity index (χ1) is 17.3. The van der Waals surface area contributed by atoms with Gasteiger partial charge in [-0.15, -0.1) is 0 Å². The van der Waals surface area contributed by atoms with Crippen molar-refractivity contribution in [3.63, 3.8) is 0 Å². The third-order valence-corrected chi connectivity index (χ3v) is 11.6. The fourth-order valence-corrected chi connectivity index (χ4v) is 9.22. The lowest BCUT2D eigenvalue weighted by Gasteiger charge is -2.44. The van der Waals surface area contributed by atoms with E-state index in [1.807, 2.05) is 12.1 Å². The number of hydrogen-bond donors (Lipinski definition) is 0. The lowest BCUT2D eigenvalue weighted by atomic mass is 9.61. The van der Waals surface area contributed by atoms with Crippen molar-refractivity contribution in [1.82, 2.24) is 9.80 Å². The van der Waals surface area contributed by atoms with Gasteiger partial charge in [-0.05, 0) is 92.3 Å². The van der Waals surface area contributed by atoms with Crippen molar-refractivity contribution >= 4 is 46.4 Å². The van der Waals surface area contributed by atoms with Crippen LogP contribution in [0.5, 0.6) is 0 Å². The van der Waals surface area contributed by atoms with Gasteiger partial charge in [-0.25, -0.2) is 0 Å². The van der Waals surface area contributed by atoms with Crippen LogP contribution in [0.25, 0.3) is 0 Å². The molecule has 0 N–H and O–H groups in total. The summed E-state index contributed by atoms with van der Waals surface area (Å²) in [6, 6.07) is 12.8. The maximum Gasteiger partial charge on any atom is 0.0595 e. The van der Waals surface area contributed by atoms with E-state index in [-0.39, 0.29) is 10.8 Å². The number of fused-ring (bicyclic) bond motifs is 2. The summed E-state index contributed by atoms with van der Waals surface area (Å²) >= 11 is 25.6. The van der Waals surface area contributed by atoms with Gasteiger partial charge in [0.1, 0.15) is 0 Å². The normalized spacial score (nSPS) is 35.1. The molecule has 0 aromatic heterocycles. The monoisotopic (exact) mass is 564 g/mol. The first kappa shape index (κ1) is 25.8. The minimum Gasteiger partial charge on any atom is -0.305 e. The molecule has 5 atom stereocenters. The fourth-order valence-electron chi connectivity index (χ4n) is 8.63. The zero-order valence-corrected chi connectivity index (χ0v) is 24.1. The topological polar surface area (TPSA) is 6.48 Å². The maximum absolute atomic E-state index is 6.52. The van der Waals surface area contributed by atoms with Crippen molar-refractivity contribution in [3.8, 4) is 0 Å². The highest BCUT2D eigenvalue weighted by Gasteiger charge is 2.52. The van der Waals surface area contributed by atoms with Gasteiger partial charge in [0, 0.05) is 43.6 Å². The lowest BCUT2D eigenvalue weighted by molar-refractivity contribution is 0.141. The van der Waals surface area contributed by atoms with Crippen molar-refractivity contribution in [2.75, 3.05) is 39.8 Å². The molecule has 2 aromatic carbocycles. The number of halogens is 4. The summed E-state index contributed by atoms with van der Waals surface area (Å²) in [5.41, 5.74) is 3.19. The highest BCUT2D eigenvalue weighted by molar-refractivity contribution is 6.42. The summed E-state index contributed by atoms with van der Waals surface area (Å²) < 4.78 is 0. The number of benzene rings is 2. The SMILES string of the molecule is CN1C[C@@H]2CCC(CN3CC4CCCC[C@@]4(c4ccc(Cl)c(Cl)c4)C3)C[C@]2(c2ccc(Cl)c(Cl)c2)C1. The Morgan fingerprint density at radius 2 is 1.42 bits per heavy atom. The van der Waals surface area contributed by atoms with Gasteiger partial charge in [-0.3, -0.25) is 0 Å². The number of hydrogen-bond acceptors (Lipinski definition) is 2. The van der Waals surface area contributed by atoms with E-state index in [4.69, 9.17) is 46.4 Å². The van der Waals surface area contributed by atoms with Gasteiger partial charge in [0.15, 0.2) is 0 Å². The summed E-state index contributed by atoms with van der Waals surface area (Å²) in [6.45, 7) is 5.84. The van der Waals surface area contributed by atoms with E-state index >= 15 is 0 Å². The Hall–Kier alpha value is -0.480. The van der Waals surface area contributed by atoms with Gasteiger partial charge in [0.05, 0.1) is 20.1 Å². The summed E-state index contributed by atoms with van der Waals surface area (Å²) in [4.78, 5) is 5.32. The number of likely N-dealkylation sites (tertiary alicyclic amines) is 2. The molecule has 2 saturated heterocycles. The molecule has 2 unspecified atom stereocenters. The molecule has 0 amide bonds. The van der Waals surface area contributed by atoms with Crippen LogP contribution in [0.4, 0.5) is 0 Å². The molecule has 4 aliphatic rings. The molecule has 36 heavy (non-hydrogen) atoms. The smallest absolute Gasteiger partial charge is 0.0595 e. The van der Waals surface area contributed by atoms with E-state index in [1.54, 1.807) is 0 Å². The van der Waals surface area contributed by atoms with Crippen LogP contribution < -0.4 is 0 Å². The van der Waals surface area contributed by atoms with Gasteiger partial charge >= 0.3 is 0 Å². The Labute approximate surface area is 236 Å². The van der Waals surface area contributed by atoms with Crippen LogP contribution in [0.3, 0.4) is 0 Å². The molecule has 0 radical (unpaired) electrons. The van der Waals surface area contributed by atoms with Crippen molar-refractivity contribution < 1.29 is 0 Å². The highest BCUT2D eigenvalue weighted by Crippen LogP contribution is 2.53. The average molecular weight is 566 g/mol. The van der Waals surface area contributed by atoms with Crippen LogP contribution in [0.1, 0.15) is 56.1 Å². The number of likely N-dealkylation sites (N-methyl/N-ethyl adjacent to an activating group) is 1. The molecule has 2 saturated carbocycles. The van der Waals surface area contributed by atoms with Crippen LogP contribution in [-0.2, 0) is 10.8 Å². The van der Waals surface area contributed by atoms with E-state index < -0.39 is 0 Å². The number of rotatable bonds is 4. The predicted molar refractivity (Wildman–Crippen MR) is 153 cm³/mol. The van der Waals surface area contributed by atoms with Gasteiger partial charge in [-0.1, -0.05) is 71.4 Å². The average Bonchev–Trinajstić information content (AvgIpc) is 3.40. The lowest BCUT2D eigenvalue weighted by Crippen LogP contribution is -2.44. The largest absolute Gasteiger partial charge is 0.305 e. The maximum atomic E-state index is 6.52. The molecule has 2 nitrogen and oxygen atoms in total. The van der Waals surface area contributed by atoms with Crippen molar-refractivity contribution in [1.29, 1.82) is 0 Å². The van der Waals surface area contributed by atoms with E-state index in [0.29, 0.717) is 37.8 Å². The molecule has 4 fully saturated rings. The third kappa shape index (κ3) is 4.42. The van der Waals surface area contributed by atoms with E-state index in [9.17, 15) is 0 Å². The van der Waals surface area contributed by atoms with Crippen LogP contribution in [0, 0.1) is 17.8 Å². The predicted octanol–water partition coefficient (Wildman–Crippen LogP) is 8.34. The Bertz CT molecular complexity index is 1140. The number of nitrogens with zero attached hydrogens (tertiary/aromatic N) is 2.